The summed E-state index contributed by atoms with van der Waals surface area (Å²) in [5.41, 5.74) is 2.15. The molecule has 0 radical (unpaired) electrons. The lowest BCUT2D eigenvalue weighted by Crippen LogP contribution is -2.32. The predicted molar refractivity (Wildman–Crippen MR) is 113 cm³/mol. The van der Waals surface area contributed by atoms with Crippen LogP contribution in [0.3, 0.4) is 0 Å². The number of aryl methyl sites for hydroxylation is 1. The summed E-state index contributed by atoms with van der Waals surface area (Å²) < 4.78 is 1.12. The SMILES string of the molecule is Cc1ccc2nc(N(CCCN(C)C)C(=O)C=Cc3cccs3)sc2c1. The number of rotatable bonds is 7. The normalized spacial score (nSPS) is 11.7. The lowest BCUT2D eigenvalue weighted by Gasteiger charge is -2.19. The van der Waals surface area contributed by atoms with E-state index in [1.165, 1.54) is 5.56 Å². The van der Waals surface area contributed by atoms with E-state index in [2.05, 4.69) is 24.0 Å². The second-order valence-corrected chi connectivity index (χ2v) is 8.45. The van der Waals surface area contributed by atoms with E-state index in [0.717, 1.165) is 33.2 Å². The number of carbonyl (C=O) groups excluding carboxylic acids is 1. The van der Waals surface area contributed by atoms with Gasteiger partial charge in [-0.3, -0.25) is 9.69 Å². The van der Waals surface area contributed by atoms with E-state index < -0.39 is 0 Å². The van der Waals surface area contributed by atoms with Crippen molar-refractivity contribution in [2.75, 3.05) is 32.1 Å². The van der Waals surface area contributed by atoms with Crippen molar-refractivity contribution in [3.8, 4) is 0 Å². The summed E-state index contributed by atoms with van der Waals surface area (Å²) in [5.74, 6) is -0.0204. The Morgan fingerprint density at radius 2 is 2.08 bits per heavy atom. The van der Waals surface area contributed by atoms with Crippen molar-refractivity contribution in [2.45, 2.75) is 13.3 Å². The van der Waals surface area contributed by atoms with Crippen LogP contribution in [0, 0.1) is 6.92 Å². The molecule has 0 aliphatic carbocycles. The molecular weight excluding hydrogens is 362 g/mol. The molecule has 0 saturated heterocycles. The highest BCUT2D eigenvalue weighted by atomic mass is 32.1. The van der Waals surface area contributed by atoms with E-state index in [4.69, 9.17) is 4.98 Å². The van der Waals surface area contributed by atoms with Crippen LogP contribution in [-0.4, -0.2) is 43.0 Å². The average molecular weight is 386 g/mol. The van der Waals surface area contributed by atoms with Gasteiger partial charge in [-0.2, -0.15) is 0 Å². The molecule has 1 aromatic carbocycles. The summed E-state index contributed by atoms with van der Waals surface area (Å²) in [6.07, 6.45) is 4.43. The van der Waals surface area contributed by atoms with E-state index in [1.807, 2.05) is 43.8 Å². The van der Waals surface area contributed by atoms with E-state index in [-0.39, 0.29) is 5.91 Å². The average Bonchev–Trinajstić information content (AvgIpc) is 3.25. The van der Waals surface area contributed by atoms with Crippen LogP contribution in [0.4, 0.5) is 5.13 Å². The summed E-state index contributed by atoms with van der Waals surface area (Å²) >= 11 is 3.20. The van der Waals surface area contributed by atoms with Gasteiger partial charge in [0.25, 0.3) is 5.91 Å². The Morgan fingerprint density at radius 1 is 1.23 bits per heavy atom. The van der Waals surface area contributed by atoms with Gasteiger partial charge in [0, 0.05) is 17.5 Å². The highest BCUT2D eigenvalue weighted by Gasteiger charge is 2.17. The summed E-state index contributed by atoms with van der Waals surface area (Å²) in [5, 5.41) is 2.78. The van der Waals surface area contributed by atoms with Gasteiger partial charge >= 0.3 is 0 Å². The molecule has 6 heteroatoms. The maximum absolute atomic E-state index is 12.9. The van der Waals surface area contributed by atoms with Crippen molar-refractivity contribution < 1.29 is 4.79 Å². The van der Waals surface area contributed by atoms with Crippen molar-refractivity contribution in [3.63, 3.8) is 0 Å². The molecule has 0 N–H and O–H groups in total. The monoisotopic (exact) mass is 385 g/mol. The van der Waals surface area contributed by atoms with Crippen molar-refractivity contribution in [1.82, 2.24) is 9.88 Å². The molecular formula is C20H23N3OS2. The van der Waals surface area contributed by atoms with Crippen LogP contribution in [0.25, 0.3) is 16.3 Å². The van der Waals surface area contributed by atoms with Gasteiger partial charge < -0.3 is 4.90 Å². The summed E-state index contributed by atoms with van der Waals surface area (Å²) in [6, 6.07) is 10.2. The van der Waals surface area contributed by atoms with E-state index in [9.17, 15) is 4.79 Å². The minimum absolute atomic E-state index is 0.0204. The van der Waals surface area contributed by atoms with Crippen molar-refractivity contribution in [2.24, 2.45) is 0 Å². The van der Waals surface area contributed by atoms with Gasteiger partial charge in [0.05, 0.1) is 10.2 Å². The molecule has 3 rings (SSSR count). The highest BCUT2D eigenvalue weighted by Crippen LogP contribution is 2.30. The summed E-state index contributed by atoms with van der Waals surface area (Å²) in [4.78, 5) is 22.6. The molecule has 0 atom stereocenters. The highest BCUT2D eigenvalue weighted by molar-refractivity contribution is 7.22. The van der Waals surface area contributed by atoms with Crippen LogP contribution in [0.1, 0.15) is 16.9 Å². The molecule has 0 spiro atoms. The van der Waals surface area contributed by atoms with Gasteiger partial charge in [0.1, 0.15) is 0 Å². The number of thiazole rings is 1. The second kappa shape index (κ2) is 8.58. The molecule has 1 amide bonds. The maximum Gasteiger partial charge on any atom is 0.252 e. The molecule has 0 fully saturated rings. The molecule has 0 unspecified atom stereocenters. The van der Waals surface area contributed by atoms with Gasteiger partial charge in [-0.15, -0.1) is 11.3 Å². The quantitative estimate of drug-likeness (QED) is 0.555. The number of anilines is 1. The van der Waals surface area contributed by atoms with Gasteiger partial charge in [-0.25, -0.2) is 4.98 Å². The van der Waals surface area contributed by atoms with Crippen LogP contribution < -0.4 is 4.90 Å². The number of hydrogen-bond acceptors (Lipinski definition) is 5. The topological polar surface area (TPSA) is 36.4 Å². The van der Waals surface area contributed by atoms with Gasteiger partial charge in [-0.05, 0) is 69.2 Å². The first-order valence-corrected chi connectivity index (χ1v) is 10.3. The van der Waals surface area contributed by atoms with E-state index >= 15 is 0 Å². The zero-order chi connectivity index (χ0) is 18.5. The lowest BCUT2D eigenvalue weighted by molar-refractivity contribution is -0.114. The number of amides is 1. The fourth-order valence-electron chi connectivity index (χ4n) is 2.61. The Bertz CT molecular complexity index is 897. The van der Waals surface area contributed by atoms with Crippen LogP contribution in [0.15, 0.2) is 41.8 Å². The van der Waals surface area contributed by atoms with Gasteiger partial charge in [-0.1, -0.05) is 23.5 Å². The number of nitrogens with zero attached hydrogens (tertiary/aromatic N) is 3. The number of thiophene rings is 1. The zero-order valence-electron chi connectivity index (χ0n) is 15.3. The fourth-order valence-corrected chi connectivity index (χ4v) is 4.32. The Hall–Kier alpha value is -2.02. The summed E-state index contributed by atoms with van der Waals surface area (Å²) in [7, 11) is 4.09. The largest absolute Gasteiger partial charge is 0.309 e. The smallest absolute Gasteiger partial charge is 0.252 e. The van der Waals surface area contributed by atoms with E-state index in [0.29, 0.717) is 6.54 Å². The third-order valence-electron chi connectivity index (χ3n) is 3.95. The molecule has 0 bridgehead atoms. The molecule has 0 aliphatic heterocycles. The number of fused-ring (bicyclic) bond motifs is 1. The Balaban J connectivity index is 1.84. The molecule has 3 aromatic rings. The molecule has 2 aromatic heterocycles. The third-order valence-corrected chi connectivity index (χ3v) is 5.83. The van der Waals surface area contributed by atoms with Crippen LogP contribution in [0.5, 0.6) is 0 Å². The summed E-state index contributed by atoms with van der Waals surface area (Å²) in [6.45, 7) is 3.66. The number of carbonyl (C=O) groups is 1. The van der Waals surface area contributed by atoms with Crippen molar-refractivity contribution in [1.29, 1.82) is 0 Å². The van der Waals surface area contributed by atoms with E-state index in [1.54, 1.807) is 33.6 Å². The fraction of sp³-hybridized carbons (Fsp3) is 0.300. The Kier molecular flexibility index (Phi) is 6.19. The number of hydrogen-bond donors (Lipinski definition) is 0. The standard InChI is InChI=1S/C20H23N3OS2/c1-15-7-9-17-18(14-15)26-20(21-17)23(12-5-11-22(2)3)19(24)10-8-16-6-4-13-25-16/h4,6-10,13-14H,5,11-12H2,1-3H3. The Labute approximate surface area is 162 Å². The van der Waals surface area contributed by atoms with Gasteiger partial charge in [0.15, 0.2) is 5.13 Å². The molecule has 26 heavy (non-hydrogen) atoms. The second-order valence-electron chi connectivity index (χ2n) is 6.46. The first-order valence-electron chi connectivity index (χ1n) is 8.58. The first kappa shape index (κ1) is 18.8. The van der Waals surface area contributed by atoms with Crippen molar-refractivity contribution in [3.05, 3.63) is 52.2 Å². The third kappa shape index (κ3) is 4.78. The first-order chi connectivity index (χ1) is 12.5. The van der Waals surface area contributed by atoms with Crippen LogP contribution in [-0.2, 0) is 4.79 Å². The number of benzene rings is 1. The molecule has 136 valence electrons. The van der Waals surface area contributed by atoms with Crippen LogP contribution >= 0.6 is 22.7 Å². The minimum atomic E-state index is -0.0204. The number of aromatic nitrogens is 1. The molecule has 4 nitrogen and oxygen atoms in total. The molecule has 2 heterocycles. The molecule has 0 aliphatic rings. The maximum atomic E-state index is 12.9. The lowest BCUT2D eigenvalue weighted by atomic mass is 10.2. The zero-order valence-corrected chi connectivity index (χ0v) is 16.9. The van der Waals surface area contributed by atoms with Crippen molar-refractivity contribution >= 4 is 50.0 Å². The minimum Gasteiger partial charge on any atom is -0.309 e. The van der Waals surface area contributed by atoms with Crippen LogP contribution in [0.2, 0.25) is 0 Å². The molecule has 0 saturated carbocycles. The Morgan fingerprint density at radius 3 is 2.81 bits per heavy atom. The van der Waals surface area contributed by atoms with Gasteiger partial charge in [0.2, 0.25) is 0 Å². The predicted octanol–water partition coefficient (Wildman–Crippen LogP) is 4.66.